The van der Waals surface area contributed by atoms with Crippen LogP contribution in [-0.2, 0) is 0 Å². The molecule has 4 N–H and O–H groups in total. The van der Waals surface area contributed by atoms with Gasteiger partial charge in [-0.2, -0.15) is 0 Å². The number of aromatic nitrogens is 3. The zero-order valence-corrected chi connectivity index (χ0v) is 9.95. The smallest absolute Gasteiger partial charge is 0.248 e. The molecule has 0 saturated heterocycles. The topological polar surface area (TPSA) is 99.8 Å². The van der Waals surface area contributed by atoms with Crippen LogP contribution in [0.4, 0.5) is 5.82 Å². The number of carbonyl (C=O) groups excluding carboxylic acids is 1. The van der Waals surface area contributed by atoms with Gasteiger partial charge < -0.3 is 16.0 Å². The molecule has 1 aromatic carbocycles. The van der Waals surface area contributed by atoms with Gasteiger partial charge in [0.05, 0.1) is 5.39 Å². The molecule has 1 amide bonds. The van der Waals surface area contributed by atoms with Gasteiger partial charge in [0.2, 0.25) is 5.91 Å². The van der Waals surface area contributed by atoms with Crippen LogP contribution in [0.5, 0.6) is 0 Å². The fourth-order valence-electron chi connectivity index (χ4n) is 1.97. The van der Waals surface area contributed by atoms with Crippen molar-refractivity contribution in [2.24, 2.45) is 5.73 Å². The van der Waals surface area contributed by atoms with Crippen LogP contribution in [0.1, 0.15) is 10.4 Å². The molecule has 0 radical (unpaired) electrons. The molecular weight excluding hydrogens is 242 g/mol. The SMILES string of the molecule is NC(=O)c1ccc(-n2ccc3c(N)ncnc32)cc1. The van der Waals surface area contributed by atoms with E-state index >= 15 is 0 Å². The Kier molecular flexibility index (Phi) is 2.42. The maximum atomic E-state index is 11.0. The zero-order chi connectivity index (χ0) is 13.4. The van der Waals surface area contributed by atoms with Gasteiger partial charge in [-0.1, -0.05) is 0 Å². The molecule has 0 aliphatic carbocycles. The lowest BCUT2D eigenvalue weighted by Crippen LogP contribution is -2.10. The average Bonchev–Trinajstić information content (AvgIpc) is 2.84. The van der Waals surface area contributed by atoms with Crippen molar-refractivity contribution >= 4 is 22.8 Å². The highest BCUT2D eigenvalue weighted by atomic mass is 16.1. The van der Waals surface area contributed by atoms with Crippen molar-refractivity contribution in [3.05, 3.63) is 48.4 Å². The van der Waals surface area contributed by atoms with Crippen LogP contribution >= 0.6 is 0 Å². The summed E-state index contributed by atoms with van der Waals surface area (Å²) < 4.78 is 1.87. The van der Waals surface area contributed by atoms with E-state index in [1.807, 2.05) is 16.8 Å². The van der Waals surface area contributed by atoms with Crippen LogP contribution in [0.2, 0.25) is 0 Å². The van der Waals surface area contributed by atoms with E-state index in [2.05, 4.69) is 9.97 Å². The molecule has 0 saturated carbocycles. The van der Waals surface area contributed by atoms with E-state index in [1.54, 1.807) is 24.3 Å². The molecule has 0 bridgehead atoms. The highest BCUT2D eigenvalue weighted by Gasteiger charge is 2.08. The molecule has 19 heavy (non-hydrogen) atoms. The van der Waals surface area contributed by atoms with E-state index in [9.17, 15) is 4.79 Å². The maximum absolute atomic E-state index is 11.0. The second-order valence-corrected chi connectivity index (χ2v) is 4.09. The van der Waals surface area contributed by atoms with Gasteiger partial charge in [-0.15, -0.1) is 0 Å². The van der Waals surface area contributed by atoms with Crippen molar-refractivity contribution in [2.45, 2.75) is 0 Å². The van der Waals surface area contributed by atoms with Crippen molar-refractivity contribution in [3.63, 3.8) is 0 Å². The summed E-state index contributed by atoms with van der Waals surface area (Å²) in [6.07, 6.45) is 3.28. The number of amides is 1. The monoisotopic (exact) mass is 253 g/mol. The van der Waals surface area contributed by atoms with Gasteiger partial charge in [0.1, 0.15) is 17.8 Å². The maximum Gasteiger partial charge on any atom is 0.248 e. The van der Waals surface area contributed by atoms with Crippen LogP contribution in [-0.4, -0.2) is 20.4 Å². The summed E-state index contributed by atoms with van der Waals surface area (Å²) in [7, 11) is 0. The molecule has 94 valence electrons. The van der Waals surface area contributed by atoms with Crippen molar-refractivity contribution < 1.29 is 4.79 Å². The number of nitrogens with zero attached hydrogens (tertiary/aromatic N) is 3. The summed E-state index contributed by atoms with van der Waals surface area (Å²) in [6.45, 7) is 0. The van der Waals surface area contributed by atoms with Crippen molar-refractivity contribution in [2.75, 3.05) is 5.73 Å². The molecule has 2 aromatic heterocycles. The first-order valence-electron chi connectivity index (χ1n) is 5.64. The van der Waals surface area contributed by atoms with E-state index < -0.39 is 5.91 Å². The molecule has 0 spiro atoms. The summed E-state index contributed by atoms with van der Waals surface area (Å²) in [4.78, 5) is 19.2. The summed E-state index contributed by atoms with van der Waals surface area (Å²) in [6, 6.07) is 8.81. The number of nitrogen functional groups attached to an aromatic ring is 1. The number of hydrogen-bond donors (Lipinski definition) is 2. The number of rotatable bonds is 2. The van der Waals surface area contributed by atoms with Crippen LogP contribution < -0.4 is 11.5 Å². The lowest BCUT2D eigenvalue weighted by Gasteiger charge is -2.05. The molecule has 6 nitrogen and oxygen atoms in total. The van der Waals surface area contributed by atoms with E-state index in [-0.39, 0.29) is 0 Å². The third kappa shape index (κ3) is 1.79. The minimum atomic E-state index is -0.449. The summed E-state index contributed by atoms with van der Waals surface area (Å²) in [5.74, 6) is -0.00649. The Morgan fingerprint density at radius 3 is 2.53 bits per heavy atom. The number of fused-ring (bicyclic) bond motifs is 1. The standard InChI is InChI=1S/C13H11N5O/c14-11-10-5-6-18(13(10)17-7-16-11)9-3-1-8(2-4-9)12(15)19/h1-7H,(H2,15,19)(H2,14,16,17). The van der Waals surface area contributed by atoms with Gasteiger partial charge in [-0.25, -0.2) is 9.97 Å². The number of primary amides is 1. The van der Waals surface area contributed by atoms with Crippen molar-refractivity contribution in [1.82, 2.24) is 14.5 Å². The van der Waals surface area contributed by atoms with Gasteiger partial charge in [0.15, 0.2) is 0 Å². The predicted octanol–water partition coefficient (Wildman–Crippen LogP) is 1.10. The Bertz CT molecular complexity index is 760. The molecular formula is C13H11N5O. The molecule has 0 fully saturated rings. The quantitative estimate of drug-likeness (QED) is 0.714. The normalized spacial score (nSPS) is 10.7. The van der Waals surface area contributed by atoms with Crippen molar-refractivity contribution in [3.8, 4) is 5.69 Å². The Labute approximate surface area is 108 Å². The van der Waals surface area contributed by atoms with Crippen molar-refractivity contribution in [1.29, 1.82) is 0 Å². The average molecular weight is 253 g/mol. The van der Waals surface area contributed by atoms with Gasteiger partial charge in [-0.3, -0.25) is 4.79 Å². The summed E-state index contributed by atoms with van der Waals surface area (Å²) in [5.41, 5.74) is 13.1. The largest absolute Gasteiger partial charge is 0.383 e. The molecule has 6 heteroatoms. The highest BCUT2D eigenvalue weighted by molar-refractivity contribution is 5.93. The molecule has 2 heterocycles. The second kappa shape index (κ2) is 4.09. The first kappa shape index (κ1) is 11.2. The predicted molar refractivity (Wildman–Crippen MR) is 71.8 cm³/mol. The van der Waals surface area contributed by atoms with E-state index in [0.717, 1.165) is 16.7 Å². The van der Waals surface area contributed by atoms with Crippen LogP contribution in [0, 0.1) is 0 Å². The third-order valence-electron chi connectivity index (χ3n) is 2.94. The molecule has 3 aromatic rings. The van der Waals surface area contributed by atoms with Crippen LogP contribution in [0.3, 0.4) is 0 Å². The molecule has 3 rings (SSSR count). The van der Waals surface area contributed by atoms with E-state index in [4.69, 9.17) is 11.5 Å². The number of benzene rings is 1. The number of carbonyl (C=O) groups is 1. The number of hydrogen-bond acceptors (Lipinski definition) is 4. The fraction of sp³-hybridized carbons (Fsp3) is 0. The number of nitrogens with two attached hydrogens (primary N) is 2. The van der Waals surface area contributed by atoms with Crippen LogP contribution in [0.15, 0.2) is 42.9 Å². The second-order valence-electron chi connectivity index (χ2n) is 4.09. The van der Waals surface area contributed by atoms with Crippen LogP contribution in [0.25, 0.3) is 16.7 Å². The minimum absolute atomic E-state index is 0.442. The third-order valence-corrected chi connectivity index (χ3v) is 2.94. The lowest BCUT2D eigenvalue weighted by atomic mass is 10.2. The number of anilines is 1. The van der Waals surface area contributed by atoms with Gasteiger partial charge in [-0.05, 0) is 30.3 Å². The summed E-state index contributed by atoms with van der Waals surface area (Å²) in [5, 5.41) is 0.793. The fourth-order valence-corrected chi connectivity index (χ4v) is 1.97. The Hall–Kier alpha value is -2.89. The lowest BCUT2D eigenvalue weighted by molar-refractivity contribution is 0.100. The minimum Gasteiger partial charge on any atom is -0.383 e. The Morgan fingerprint density at radius 2 is 1.84 bits per heavy atom. The first-order chi connectivity index (χ1) is 9.16. The van der Waals surface area contributed by atoms with E-state index in [1.165, 1.54) is 6.33 Å². The van der Waals surface area contributed by atoms with Gasteiger partial charge in [0.25, 0.3) is 0 Å². The van der Waals surface area contributed by atoms with E-state index in [0.29, 0.717) is 11.4 Å². The molecule has 0 aliphatic rings. The first-order valence-corrected chi connectivity index (χ1v) is 5.64. The Morgan fingerprint density at radius 1 is 1.11 bits per heavy atom. The Balaban J connectivity index is 2.14. The summed E-state index contributed by atoms with van der Waals surface area (Å²) >= 11 is 0. The highest BCUT2D eigenvalue weighted by Crippen LogP contribution is 2.21. The molecule has 0 aliphatic heterocycles. The molecule has 0 atom stereocenters. The zero-order valence-electron chi connectivity index (χ0n) is 9.95. The van der Waals surface area contributed by atoms with Gasteiger partial charge >= 0.3 is 0 Å². The molecule has 0 unspecified atom stereocenters. The van der Waals surface area contributed by atoms with Gasteiger partial charge in [0, 0.05) is 17.4 Å².